The molecule has 0 aliphatic carbocycles. The lowest BCUT2D eigenvalue weighted by Gasteiger charge is -2.29. The number of anilines is 3. The second-order valence-corrected chi connectivity index (χ2v) is 10.2. The minimum atomic E-state index is -0.526. The third-order valence-electron chi connectivity index (χ3n) is 6.51. The summed E-state index contributed by atoms with van der Waals surface area (Å²) in [4.78, 5) is 35.2. The van der Waals surface area contributed by atoms with Gasteiger partial charge in [-0.05, 0) is 37.6 Å². The summed E-state index contributed by atoms with van der Waals surface area (Å²) >= 11 is 5.94. The van der Waals surface area contributed by atoms with Crippen molar-refractivity contribution in [3.8, 4) is 5.75 Å². The molecule has 2 N–H and O–H groups in total. The smallest absolute Gasteiger partial charge is 0.320 e. The van der Waals surface area contributed by atoms with Gasteiger partial charge in [0, 0.05) is 48.8 Å². The zero-order chi connectivity index (χ0) is 28.1. The minimum Gasteiger partial charge on any atom is -0.491 e. The number of cyclic esters (lactones) is 1. The van der Waals surface area contributed by atoms with E-state index >= 15 is 0 Å². The molecule has 2 aromatic carbocycles. The number of hydrogen-bond acceptors (Lipinski definition) is 9. The summed E-state index contributed by atoms with van der Waals surface area (Å²) in [5.41, 5.74) is 1.56. The normalized spacial score (nSPS) is 19.6. The Labute approximate surface area is 235 Å². The molecule has 3 heterocycles. The molecular weight excluding hydrogens is 541 g/mol. The van der Waals surface area contributed by atoms with Gasteiger partial charge >= 0.3 is 5.97 Å². The molecule has 2 aliphatic rings. The molecule has 0 bridgehead atoms. The van der Waals surface area contributed by atoms with Crippen molar-refractivity contribution in [2.45, 2.75) is 19.4 Å². The Hall–Kier alpha value is -3.80. The maximum atomic E-state index is 13.6. The second-order valence-electron chi connectivity index (χ2n) is 9.77. The summed E-state index contributed by atoms with van der Waals surface area (Å²) in [7, 11) is 0. The van der Waals surface area contributed by atoms with E-state index in [2.05, 4.69) is 20.6 Å². The Morgan fingerprint density at radius 2 is 2.17 bits per heavy atom. The summed E-state index contributed by atoms with van der Waals surface area (Å²) in [6, 6.07) is 7.75. The zero-order valence-electron chi connectivity index (χ0n) is 21.9. The van der Waals surface area contributed by atoms with Gasteiger partial charge in [-0.3, -0.25) is 14.5 Å². The Bertz CT molecular complexity index is 1430. The summed E-state index contributed by atoms with van der Waals surface area (Å²) in [5, 5.41) is 6.62. The molecule has 12 heteroatoms. The fraction of sp³-hybridized carbons (Fsp3) is 0.357. The third-order valence-corrected chi connectivity index (χ3v) is 6.80. The number of ether oxygens (including phenoxy) is 3. The first kappa shape index (κ1) is 27.8. The number of rotatable bonds is 9. The molecule has 0 radical (unpaired) electrons. The number of nitrogens with one attached hydrogen (secondary N) is 2. The van der Waals surface area contributed by atoms with Gasteiger partial charge in [0.2, 0.25) is 5.91 Å². The first-order valence-corrected chi connectivity index (χ1v) is 13.3. The highest BCUT2D eigenvalue weighted by Gasteiger charge is 2.22. The van der Waals surface area contributed by atoms with E-state index in [1.54, 1.807) is 24.3 Å². The van der Waals surface area contributed by atoms with E-state index in [0.717, 1.165) is 6.42 Å². The van der Waals surface area contributed by atoms with E-state index in [0.29, 0.717) is 66.8 Å². The van der Waals surface area contributed by atoms with Gasteiger partial charge in [0.05, 0.1) is 36.0 Å². The zero-order valence-corrected chi connectivity index (χ0v) is 22.6. The quantitative estimate of drug-likeness (QED) is 0.287. The largest absolute Gasteiger partial charge is 0.491 e. The molecule has 2 aliphatic heterocycles. The van der Waals surface area contributed by atoms with Crippen molar-refractivity contribution in [2.24, 2.45) is 5.92 Å². The molecule has 210 valence electrons. The van der Waals surface area contributed by atoms with Crippen LogP contribution in [-0.4, -0.2) is 72.3 Å². The number of esters is 1. The van der Waals surface area contributed by atoms with Crippen LogP contribution in [0.1, 0.15) is 13.3 Å². The van der Waals surface area contributed by atoms with Gasteiger partial charge in [-0.2, -0.15) is 0 Å². The molecule has 2 atom stereocenters. The number of hydrogen-bond donors (Lipinski definition) is 2. The fourth-order valence-electron chi connectivity index (χ4n) is 4.57. The van der Waals surface area contributed by atoms with E-state index in [1.807, 2.05) is 11.8 Å². The number of nitrogens with zero attached hydrogens (tertiary/aromatic N) is 3. The second kappa shape index (κ2) is 12.6. The first-order valence-electron chi connectivity index (χ1n) is 12.9. The van der Waals surface area contributed by atoms with Crippen molar-refractivity contribution in [3.05, 3.63) is 59.7 Å². The Balaban J connectivity index is 1.37. The predicted octanol–water partition coefficient (Wildman–Crippen LogP) is 4.32. The molecule has 40 heavy (non-hydrogen) atoms. The van der Waals surface area contributed by atoms with Crippen LogP contribution in [0, 0.1) is 11.7 Å². The molecule has 1 aromatic heterocycles. The highest BCUT2D eigenvalue weighted by molar-refractivity contribution is 6.31. The van der Waals surface area contributed by atoms with Gasteiger partial charge < -0.3 is 24.8 Å². The number of carbonyl (C=O) groups is 2. The standard InChI is InChI=1S/C28H29ClFN5O5/c1-17-12-35(13-27(37)40-17)7-2-3-26(36)34-24-10-20-23(11-25(24)39-15-18-6-8-38-14-18)31-16-32-28(20)33-19-4-5-22(30)21(29)9-19/h2-5,9-11,16-18H,6-8,12-15H2,1H3,(H,34,36)(H,31,32,33). The number of fused-ring (bicyclic) bond motifs is 1. The lowest BCUT2D eigenvalue weighted by Crippen LogP contribution is -2.44. The SMILES string of the molecule is CC1CN(CC=CC(=O)Nc2cc3c(Nc4ccc(F)c(Cl)c4)ncnc3cc2OCC2CCOC2)CC(=O)O1. The Morgan fingerprint density at radius 3 is 2.95 bits per heavy atom. The third kappa shape index (κ3) is 7.04. The van der Waals surface area contributed by atoms with E-state index in [1.165, 1.54) is 24.5 Å². The van der Waals surface area contributed by atoms with Crippen LogP contribution in [0.2, 0.25) is 5.02 Å². The lowest BCUT2D eigenvalue weighted by molar-refractivity contribution is -0.156. The highest BCUT2D eigenvalue weighted by Crippen LogP contribution is 2.34. The van der Waals surface area contributed by atoms with Crippen molar-refractivity contribution in [1.29, 1.82) is 0 Å². The lowest BCUT2D eigenvalue weighted by atomic mass is 10.1. The molecule has 0 saturated carbocycles. The van der Waals surface area contributed by atoms with Crippen molar-refractivity contribution in [1.82, 2.24) is 14.9 Å². The molecule has 1 amide bonds. The molecule has 3 aromatic rings. The molecule has 2 unspecified atom stereocenters. The summed E-state index contributed by atoms with van der Waals surface area (Å²) in [6.07, 6.45) is 5.23. The van der Waals surface area contributed by atoms with Gasteiger partial charge in [-0.1, -0.05) is 17.7 Å². The van der Waals surface area contributed by atoms with E-state index < -0.39 is 5.82 Å². The summed E-state index contributed by atoms with van der Waals surface area (Å²) in [6.45, 7) is 4.78. The number of halogens is 2. The van der Waals surface area contributed by atoms with Crippen LogP contribution in [0.4, 0.5) is 21.6 Å². The van der Waals surface area contributed by atoms with Crippen LogP contribution < -0.4 is 15.4 Å². The molecule has 2 fully saturated rings. The van der Waals surface area contributed by atoms with Gasteiger partial charge in [0.1, 0.15) is 29.8 Å². The number of amides is 1. The average Bonchev–Trinajstić information content (AvgIpc) is 3.43. The summed E-state index contributed by atoms with van der Waals surface area (Å²) < 4.78 is 30.4. The minimum absolute atomic E-state index is 0.0226. The van der Waals surface area contributed by atoms with Crippen molar-refractivity contribution < 1.29 is 28.2 Å². The molecule has 10 nitrogen and oxygen atoms in total. The van der Waals surface area contributed by atoms with Crippen LogP contribution in [0.3, 0.4) is 0 Å². The van der Waals surface area contributed by atoms with E-state index in [4.69, 9.17) is 25.8 Å². The van der Waals surface area contributed by atoms with Crippen molar-refractivity contribution >= 4 is 51.6 Å². The molecule has 0 spiro atoms. The summed E-state index contributed by atoms with van der Waals surface area (Å²) in [5.74, 6) is -0.0103. The maximum absolute atomic E-state index is 13.6. The van der Waals surface area contributed by atoms with Gasteiger partial charge in [0.25, 0.3) is 0 Å². The van der Waals surface area contributed by atoms with Gasteiger partial charge in [0.15, 0.2) is 0 Å². The van der Waals surface area contributed by atoms with Crippen molar-refractivity contribution in [3.63, 3.8) is 0 Å². The van der Waals surface area contributed by atoms with Gasteiger partial charge in [-0.15, -0.1) is 0 Å². The predicted molar refractivity (Wildman–Crippen MR) is 148 cm³/mol. The van der Waals surface area contributed by atoms with Crippen LogP contribution >= 0.6 is 11.6 Å². The molecular formula is C28H29ClFN5O5. The Morgan fingerprint density at radius 1 is 1.30 bits per heavy atom. The topological polar surface area (TPSA) is 115 Å². The maximum Gasteiger partial charge on any atom is 0.320 e. The number of aromatic nitrogens is 2. The molecule has 2 saturated heterocycles. The highest BCUT2D eigenvalue weighted by atomic mass is 35.5. The fourth-order valence-corrected chi connectivity index (χ4v) is 4.75. The number of benzene rings is 2. The molecule has 5 rings (SSSR count). The van der Waals surface area contributed by atoms with E-state index in [-0.39, 0.29) is 35.5 Å². The van der Waals surface area contributed by atoms with Crippen LogP contribution in [0.5, 0.6) is 5.75 Å². The Kier molecular flexibility index (Phi) is 8.73. The van der Waals surface area contributed by atoms with Crippen LogP contribution in [-0.2, 0) is 19.1 Å². The average molecular weight is 570 g/mol. The van der Waals surface area contributed by atoms with Crippen molar-refractivity contribution in [2.75, 3.05) is 50.1 Å². The van der Waals surface area contributed by atoms with Gasteiger partial charge in [-0.25, -0.2) is 14.4 Å². The van der Waals surface area contributed by atoms with Crippen LogP contribution in [0.25, 0.3) is 10.9 Å². The monoisotopic (exact) mass is 569 g/mol. The van der Waals surface area contributed by atoms with Crippen LogP contribution in [0.15, 0.2) is 48.8 Å². The number of morpholine rings is 1. The first-order chi connectivity index (χ1) is 19.3. The number of carbonyl (C=O) groups excluding carboxylic acids is 2. The van der Waals surface area contributed by atoms with E-state index in [9.17, 15) is 14.0 Å².